The molecule has 2 aromatic carbocycles. The third kappa shape index (κ3) is 4.89. The number of carbonyl (C=O) groups excluding carboxylic acids is 3. The molecular weight excluding hydrogens is 448 g/mol. The number of aromatic nitrogens is 1. The number of para-hydroxylation sites is 1. The fraction of sp³-hybridized carbons (Fsp3) is 0.407. The van der Waals surface area contributed by atoms with E-state index in [4.69, 9.17) is 4.74 Å². The van der Waals surface area contributed by atoms with Crippen molar-refractivity contribution >= 4 is 44.9 Å². The van der Waals surface area contributed by atoms with Gasteiger partial charge in [-0.05, 0) is 62.4 Å². The zero-order valence-corrected chi connectivity index (χ0v) is 20.0. The first-order valence-electron chi connectivity index (χ1n) is 11.9. The Morgan fingerprint density at radius 2 is 1.79 bits per heavy atom. The highest BCUT2D eigenvalue weighted by molar-refractivity contribution is 7.18. The Labute approximate surface area is 202 Å². The minimum atomic E-state index is -0.896. The van der Waals surface area contributed by atoms with Gasteiger partial charge in [0, 0.05) is 23.9 Å². The lowest BCUT2D eigenvalue weighted by atomic mass is 9.67. The van der Waals surface area contributed by atoms with Crippen LogP contribution in [0.1, 0.15) is 49.6 Å². The number of rotatable bonds is 6. The molecule has 5 rings (SSSR count). The van der Waals surface area contributed by atoms with E-state index in [2.05, 4.69) is 16.4 Å². The number of Topliss-reactive ketones (excluding diaryl/α,β-unsaturated/α-hetero) is 1. The summed E-state index contributed by atoms with van der Waals surface area (Å²) >= 11 is 1.69. The number of ether oxygens (including phenoxy) is 1. The van der Waals surface area contributed by atoms with Crippen LogP contribution in [0.15, 0.2) is 48.5 Å². The third-order valence-corrected chi connectivity index (χ3v) is 7.99. The molecule has 0 saturated heterocycles. The lowest BCUT2D eigenvalue weighted by Crippen LogP contribution is -2.41. The Morgan fingerprint density at radius 3 is 2.50 bits per heavy atom. The van der Waals surface area contributed by atoms with Crippen LogP contribution >= 0.6 is 11.3 Å². The number of anilines is 1. The number of esters is 1. The van der Waals surface area contributed by atoms with Crippen LogP contribution in [0.4, 0.5) is 5.69 Å². The standard InChI is InChI=1S/C27H28N2O4S/c1-16(33-27(32)20-14-18-5-4-6-19(15-20)25(18)30)26(31)28-21-11-9-17(10-12-21)13-24-29-22-7-2-3-8-23(22)34-24/h2-3,7-12,16,18-20H,4-6,13-15H2,1H3,(H,28,31)/t16-,18-,19-/m0/s1. The van der Waals surface area contributed by atoms with Crippen LogP contribution in [-0.2, 0) is 25.5 Å². The van der Waals surface area contributed by atoms with Gasteiger partial charge in [-0.1, -0.05) is 30.7 Å². The molecule has 1 N–H and O–H groups in total. The maximum absolute atomic E-state index is 12.7. The van der Waals surface area contributed by atoms with E-state index in [-0.39, 0.29) is 29.6 Å². The third-order valence-electron chi connectivity index (χ3n) is 6.96. The summed E-state index contributed by atoms with van der Waals surface area (Å²) in [6.07, 6.45) is 3.73. The molecular formula is C27H28N2O4S. The van der Waals surface area contributed by atoms with Gasteiger partial charge >= 0.3 is 5.97 Å². The fourth-order valence-corrected chi connectivity index (χ4v) is 6.12. The SMILES string of the molecule is C[C@H](OC(=O)C1C[C@@H]2CCC[C@@H](C1)C2=O)C(=O)Nc1ccc(Cc2nc3ccccc3s2)cc1. The summed E-state index contributed by atoms with van der Waals surface area (Å²) in [5, 5.41) is 3.87. The Hall–Kier alpha value is -3.06. The van der Waals surface area contributed by atoms with Crippen LogP contribution in [0.2, 0.25) is 0 Å². The minimum Gasteiger partial charge on any atom is -0.452 e. The second kappa shape index (κ2) is 9.66. The molecule has 0 spiro atoms. The monoisotopic (exact) mass is 476 g/mol. The van der Waals surface area contributed by atoms with E-state index in [9.17, 15) is 14.4 Å². The molecule has 7 heteroatoms. The van der Waals surface area contributed by atoms with Crippen LogP contribution in [-0.4, -0.2) is 28.7 Å². The number of carbonyl (C=O) groups is 3. The van der Waals surface area contributed by atoms with E-state index >= 15 is 0 Å². The number of benzene rings is 2. The number of fused-ring (bicyclic) bond motifs is 3. The second-order valence-electron chi connectivity index (χ2n) is 9.41. The van der Waals surface area contributed by atoms with Crippen LogP contribution in [0.5, 0.6) is 0 Å². The topological polar surface area (TPSA) is 85.4 Å². The molecule has 1 amide bonds. The number of thiazole rings is 1. The van der Waals surface area contributed by atoms with Gasteiger partial charge in [0.05, 0.1) is 21.1 Å². The molecule has 3 aromatic rings. The molecule has 0 radical (unpaired) electrons. The maximum Gasteiger partial charge on any atom is 0.309 e. The quantitative estimate of drug-likeness (QED) is 0.497. The Bertz CT molecular complexity index is 1170. The van der Waals surface area contributed by atoms with E-state index in [1.54, 1.807) is 18.3 Å². The number of hydrogen-bond donors (Lipinski definition) is 1. The Kier molecular flexibility index (Phi) is 6.46. The molecule has 3 atom stereocenters. The van der Waals surface area contributed by atoms with Gasteiger partial charge in [0.25, 0.3) is 5.91 Å². The predicted molar refractivity (Wildman–Crippen MR) is 132 cm³/mol. The Morgan fingerprint density at radius 1 is 1.09 bits per heavy atom. The molecule has 0 unspecified atom stereocenters. The van der Waals surface area contributed by atoms with E-state index in [1.165, 1.54) is 4.70 Å². The van der Waals surface area contributed by atoms with Gasteiger partial charge in [0.15, 0.2) is 6.10 Å². The zero-order valence-electron chi connectivity index (χ0n) is 19.2. The van der Waals surface area contributed by atoms with Crippen molar-refractivity contribution in [1.29, 1.82) is 0 Å². The van der Waals surface area contributed by atoms with Gasteiger partial charge in [0.1, 0.15) is 5.78 Å². The maximum atomic E-state index is 12.7. The molecule has 34 heavy (non-hydrogen) atoms. The highest BCUT2D eigenvalue weighted by atomic mass is 32.1. The van der Waals surface area contributed by atoms with Gasteiger partial charge < -0.3 is 10.1 Å². The smallest absolute Gasteiger partial charge is 0.309 e. The van der Waals surface area contributed by atoms with Crippen LogP contribution in [0.25, 0.3) is 10.2 Å². The van der Waals surface area contributed by atoms with Crippen molar-refractivity contribution in [1.82, 2.24) is 4.98 Å². The van der Waals surface area contributed by atoms with Crippen LogP contribution < -0.4 is 5.32 Å². The average Bonchev–Trinajstić information content (AvgIpc) is 3.22. The number of nitrogens with one attached hydrogen (secondary N) is 1. The molecule has 176 valence electrons. The van der Waals surface area contributed by atoms with Crippen molar-refractivity contribution in [2.24, 2.45) is 17.8 Å². The molecule has 0 aliphatic heterocycles. The number of ketones is 1. The fourth-order valence-electron chi connectivity index (χ4n) is 5.12. The molecule has 1 aromatic heterocycles. The van der Waals surface area contributed by atoms with E-state index in [1.807, 2.05) is 42.5 Å². The van der Waals surface area contributed by atoms with Crippen LogP contribution in [0, 0.1) is 17.8 Å². The van der Waals surface area contributed by atoms with E-state index in [0.29, 0.717) is 24.3 Å². The van der Waals surface area contributed by atoms with Gasteiger partial charge in [-0.25, -0.2) is 4.98 Å². The van der Waals surface area contributed by atoms with Gasteiger partial charge in [-0.3, -0.25) is 14.4 Å². The number of hydrogen-bond acceptors (Lipinski definition) is 6. The molecule has 2 saturated carbocycles. The molecule has 1 heterocycles. The lowest BCUT2D eigenvalue weighted by Gasteiger charge is -2.36. The number of nitrogens with zero attached hydrogens (tertiary/aromatic N) is 1. The average molecular weight is 477 g/mol. The van der Waals surface area contributed by atoms with Gasteiger partial charge in [0.2, 0.25) is 0 Å². The summed E-state index contributed by atoms with van der Waals surface area (Å²) in [5.41, 5.74) is 2.77. The van der Waals surface area contributed by atoms with Gasteiger partial charge in [-0.2, -0.15) is 0 Å². The van der Waals surface area contributed by atoms with Gasteiger partial charge in [-0.15, -0.1) is 11.3 Å². The summed E-state index contributed by atoms with van der Waals surface area (Å²) in [4.78, 5) is 42.2. The first-order chi connectivity index (χ1) is 16.5. The lowest BCUT2D eigenvalue weighted by molar-refractivity contribution is -0.161. The first-order valence-corrected chi connectivity index (χ1v) is 12.8. The summed E-state index contributed by atoms with van der Waals surface area (Å²) in [7, 11) is 0. The normalized spacial score (nSPS) is 22.9. The predicted octanol–water partition coefficient (Wildman–Crippen LogP) is 5.15. The Balaban J connectivity index is 1.14. The molecule has 6 nitrogen and oxygen atoms in total. The van der Waals surface area contributed by atoms with Crippen molar-refractivity contribution in [3.05, 3.63) is 59.1 Å². The first kappa shape index (κ1) is 22.7. The highest BCUT2D eigenvalue weighted by Gasteiger charge is 2.42. The van der Waals surface area contributed by atoms with Crippen molar-refractivity contribution in [2.45, 2.75) is 51.6 Å². The molecule has 2 fully saturated rings. The van der Waals surface area contributed by atoms with Crippen LogP contribution in [0.3, 0.4) is 0 Å². The highest BCUT2D eigenvalue weighted by Crippen LogP contribution is 2.40. The minimum absolute atomic E-state index is 0.0181. The summed E-state index contributed by atoms with van der Waals surface area (Å²) in [6, 6.07) is 15.7. The summed E-state index contributed by atoms with van der Waals surface area (Å²) < 4.78 is 6.66. The zero-order chi connectivity index (χ0) is 23.7. The molecule has 2 aliphatic carbocycles. The van der Waals surface area contributed by atoms with E-state index in [0.717, 1.165) is 41.8 Å². The summed E-state index contributed by atoms with van der Waals surface area (Å²) in [5.74, 6) is -0.735. The van der Waals surface area contributed by atoms with E-state index < -0.39 is 6.10 Å². The van der Waals surface area contributed by atoms with Crippen molar-refractivity contribution in [3.63, 3.8) is 0 Å². The van der Waals surface area contributed by atoms with Crippen molar-refractivity contribution in [3.8, 4) is 0 Å². The van der Waals surface area contributed by atoms with Crippen molar-refractivity contribution < 1.29 is 19.1 Å². The summed E-state index contributed by atoms with van der Waals surface area (Å²) in [6.45, 7) is 1.59. The number of amides is 1. The second-order valence-corrected chi connectivity index (χ2v) is 10.5. The molecule has 2 bridgehead atoms. The largest absolute Gasteiger partial charge is 0.452 e. The van der Waals surface area contributed by atoms with Crippen molar-refractivity contribution in [2.75, 3.05) is 5.32 Å². The molecule has 2 aliphatic rings.